The minimum atomic E-state index is -1.32. The van der Waals surface area contributed by atoms with E-state index in [-0.39, 0.29) is 0 Å². The van der Waals surface area contributed by atoms with Crippen molar-refractivity contribution < 1.29 is 0 Å². The number of anilines is 1. The highest BCUT2D eigenvalue weighted by Crippen LogP contribution is 2.59. The van der Waals surface area contributed by atoms with Gasteiger partial charge in [-0.2, -0.15) is 0 Å². The van der Waals surface area contributed by atoms with E-state index in [2.05, 4.69) is 70.0 Å². The maximum absolute atomic E-state index is 6.37. The molecule has 1 aromatic carbocycles. The fourth-order valence-corrected chi connectivity index (χ4v) is 7.24. The Morgan fingerprint density at radius 2 is 1.83 bits per heavy atom. The second-order valence-electron chi connectivity index (χ2n) is 8.18. The molecule has 2 saturated heterocycles. The molecule has 29 heavy (non-hydrogen) atoms. The molecular weight excluding hydrogens is 375 g/mol. The van der Waals surface area contributed by atoms with Gasteiger partial charge in [0.25, 0.3) is 0 Å². The molecule has 0 amide bonds. The molecule has 154 valence electrons. The molecule has 0 atom stereocenters. The lowest BCUT2D eigenvalue weighted by molar-refractivity contribution is 0.780. The predicted molar refractivity (Wildman–Crippen MR) is 128 cm³/mol. The Balaban J connectivity index is 1.53. The highest BCUT2D eigenvalue weighted by Gasteiger charge is 2.40. The molecule has 2 fully saturated rings. The van der Waals surface area contributed by atoms with E-state index in [0.29, 0.717) is 0 Å². The Hall–Kier alpha value is -2.00. The summed E-state index contributed by atoms with van der Waals surface area (Å²) < 4.78 is 5.20. The van der Waals surface area contributed by atoms with Crippen molar-refractivity contribution in [3.05, 3.63) is 77.1 Å². The summed E-state index contributed by atoms with van der Waals surface area (Å²) in [6.07, 6.45) is 17.5. The molecule has 0 unspecified atom stereocenters. The van der Waals surface area contributed by atoms with Crippen LogP contribution >= 0.6 is 7.19 Å². The Kier molecular flexibility index (Phi) is 5.87. The Labute approximate surface area is 175 Å². The topological polar surface area (TPSA) is 44.1 Å². The van der Waals surface area contributed by atoms with Crippen molar-refractivity contribution in [1.29, 1.82) is 0 Å². The van der Waals surface area contributed by atoms with Gasteiger partial charge in [-0.1, -0.05) is 49.3 Å². The summed E-state index contributed by atoms with van der Waals surface area (Å²) in [5, 5.41) is 3.19. The first-order chi connectivity index (χ1) is 14.0. The zero-order valence-electron chi connectivity index (χ0n) is 17.5. The van der Waals surface area contributed by atoms with Crippen molar-refractivity contribution in [2.24, 2.45) is 0 Å². The Morgan fingerprint density at radius 3 is 2.48 bits per heavy atom. The highest BCUT2D eigenvalue weighted by molar-refractivity contribution is 7.69. The molecule has 0 aromatic heterocycles. The second-order valence-corrected chi connectivity index (χ2v) is 11.5. The van der Waals surface area contributed by atoms with Crippen molar-refractivity contribution in [2.75, 3.05) is 45.1 Å². The molecule has 3 N–H and O–H groups in total. The van der Waals surface area contributed by atoms with Crippen LogP contribution in [-0.2, 0) is 12.8 Å². The molecule has 0 saturated carbocycles. The molecule has 4 nitrogen and oxygen atoms in total. The van der Waals surface area contributed by atoms with Gasteiger partial charge in [-0.25, -0.2) is 0 Å². The highest BCUT2D eigenvalue weighted by atomic mass is 31.2. The molecule has 1 aromatic rings. The number of benzene rings is 1. The average Bonchev–Trinajstić information content (AvgIpc) is 3.60. The third kappa shape index (κ3) is 4.61. The number of nitrogens with zero attached hydrogens (tertiary/aromatic N) is 2. The van der Waals surface area contributed by atoms with Crippen molar-refractivity contribution in [3.63, 3.8) is 0 Å². The van der Waals surface area contributed by atoms with Crippen LogP contribution in [0.25, 0.3) is 0 Å². The van der Waals surface area contributed by atoms with Gasteiger partial charge < -0.3 is 11.1 Å². The number of nitrogens with two attached hydrogens (primary N) is 1. The van der Waals surface area contributed by atoms with Crippen LogP contribution in [0.2, 0.25) is 0 Å². The van der Waals surface area contributed by atoms with Crippen molar-refractivity contribution in [3.8, 4) is 0 Å². The minimum absolute atomic E-state index is 0.819. The first-order valence-electron chi connectivity index (χ1n) is 10.5. The van der Waals surface area contributed by atoms with Crippen LogP contribution < -0.4 is 11.1 Å². The molecule has 3 aliphatic rings. The van der Waals surface area contributed by atoms with E-state index < -0.39 is 7.19 Å². The SMILES string of the molecule is C=C(NC)C1=C(Cc2cc(CCP(=C)(N3CC3)N3CC3)ccc2N)C=CCC=C1. The number of hydrogen-bond acceptors (Lipinski definition) is 4. The van der Waals surface area contributed by atoms with Crippen molar-refractivity contribution in [2.45, 2.75) is 19.3 Å². The van der Waals surface area contributed by atoms with Gasteiger partial charge in [-0.15, -0.1) is 0 Å². The number of aryl methyl sites for hydroxylation is 1. The van der Waals surface area contributed by atoms with E-state index in [9.17, 15) is 0 Å². The van der Waals surface area contributed by atoms with Crippen molar-refractivity contribution in [1.82, 2.24) is 14.7 Å². The Morgan fingerprint density at radius 1 is 1.14 bits per heavy atom. The fraction of sp³-hybridized carbons (Fsp3) is 0.375. The monoisotopic (exact) mass is 408 g/mol. The Bertz CT molecular complexity index is 916. The molecule has 0 spiro atoms. The minimum Gasteiger partial charge on any atom is -0.398 e. The van der Waals surface area contributed by atoms with Crippen LogP contribution in [0.1, 0.15) is 17.5 Å². The van der Waals surface area contributed by atoms with Crippen LogP contribution in [0.5, 0.6) is 0 Å². The summed E-state index contributed by atoms with van der Waals surface area (Å²) in [6, 6.07) is 6.57. The standard InChI is InChI=1S/C24H33N4P/c1-19(26-2)23-8-6-4-5-7-21(23)18-22-17-20(9-10-24(22)25)11-16-29(3,27-12-13-27)28-14-15-28/h5-10,17,26H,1,3-4,11-16,18,25H2,2H3. The van der Waals surface area contributed by atoms with Gasteiger partial charge in [0.15, 0.2) is 0 Å². The summed E-state index contributed by atoms with van der Waals surface area (Å²) >= 11 is 0. The zero-order chi connectivity index (χ0) is 20.4. The third-order valence-corrected chi connectivity index (χ3v) is 9.94. The first-order valence-corrected chi connectivity index (χ1v) is 12.6. The largest absolute Gasteiger partial charge is 0.398 e. The van der Waals surface area contributed by atoms with Gasteiger partial charge in [0.2, 0.25) is 0 Å². The van der Waals surface area contributed by atoms with E-state index in [1.165, 1.54) is 49.0 Å². The summed E-state index contributed by atoms with van der Waals surface area (Å²) in [5.41, 5.74) is 13.2. The van der Waals surface area contributed by atoms with Gasteiger partial charge in [-0.3, -0.25) is 9.34 Å². The van der Waals surface area contributed by atoms with E-state index in [0.717, 1.165) is 36.2 Å². The molecule has 0 radical (unpaired) electrons. The maximum atomic E-state index is 6.37. The summed E-state index contributed by atoms with van der Waals surface area (Å²) in [5.74, 6) is 0. The van der Waals surface area contributed by atoms with Crippen LogP contribution in [0, 0.1) is 0 Å². The lowest BCUT2D eigenvalue weighted by Gasteiger charge is -2.27. The van der Waals surface area contributed by atoms with Gasteiger partial charge in [-0.05, 0) is 41.8 Å². The zero-order valence-corrected chi connectivity index (χ0v) is 18.4. The number of likely N-dealkylation sites (N-methyl/N-ethyl adjacent to an activating group) is 1. The van der Waals surface area contributed by atoms with E-state index in [1.54, 1.807) is 0 Å². The maximum Gasteiger partial charge on any atom is 0.0350 e. The molecular formula is C24H33N4P. The van der Waals surface area contributed by atoms with Gasteiger partial charge >= 0.3 is 0 Å². The molecule has 0 bridgehead atoms. The number of allylic oxidation sites excluding steroid dienone is 5. The summed E-state index contributed by atoms with van der Waals surface area (Å²) in [6.45, 7) is 9.09. The normalized spacial score (nSPS) is 19.3. The summed E-state index contributed by atoms with van der Waals surface area (Å²) in [4.78, 5) is 0. The molecule has 2 aliphatic heterocycles. The third-order valence-electron chi connectivity index (χ3n) is 6.10. The van der Waals surface area contributed by atoms with Crippen LogP contribution in [0.4, 0.5) is 5.69 Å². The van der Waals surface area contributed by atoms with Crippen molar-refractivity contribution >= 4 is 19.2 Å². The summed E-state index contributed by atoms with van der Waals surface area (Å²) in [7, 11) is 0.606. The van der Waals surface area contributed by atoms with Gasteiger partial charge in [0.05, 0.1) is 0 Å². The van der Waals surface area contributed by atoms with E-state index in [4.69, 9.17) is 5.73 Å². The van der Waals surface area contributed by atoms with Gasteiger partial charge in [0, 0.05) is 63.8 Å². The quantitative estimate of drug-likeness (QED) is 0.371. The predicted octanol–water partition coefficient (Wildman–Crippen LogP) is 3.81. The van der Waals surface area contributed by atoms with E-state index >= 15 is 0 Å². The number of rotatable bonds is 9. The molecule has 4 rings (SSSR count). The lowest BCUT2D eigenvalue weighted by atomic mass is 9.95. The van der Waals surface area contributed by atoms with Gasteiger partial charge in [0.1, 0.15) is 0 Å². The van der Waals surface area contributed by atoms with Crippen LogP contribution in [-0.4, -0.2) is 55.0 Å². The smallest absolute Gasteiger partial charge is 0.0350 e. The number of nitrogens with one attached hydrogen (secondary N) is 1. The number of nitrogen functional groups attached to an aromatic ring is 1. The fourth-order valence-electron chi connectivity index (χ4n) is 4.03. The van der Waals surface area contributed by atoms with Crippen LogP contribution in [0.3, 0.4) is 0 Å². The van der Waals surface area contributed by atoms with E-state index in [1.807, 2.05) is 7.05 Å². The number of hydrogen-bond donors (Lipinski definition) is 2. The second kappa shape index (κ2) is 8.39. The average molecular weight is 409 g/mol. The molecule has 1 aliphatic carbocycles. The van der Waals surface area contributed by atoms with Crippen LogP contribution in [0.15, 0.2) is 65.9 Å². The molecule has 5 heteroatoms. The molecule has 2 heterocycles. The lowest BCUT2D eigenvalue weighted by Crippen LogP contribution is -2.11. The first kappa shape index (κ1) is 20.3.